The van der Waals surface area contributed by atoms with E-state index >= 15 is 0 Å². The molecule has 0 aliphatic heterocycles. The molecule has 0 heterocycles. The fourth-order valence-corrected chi connectivity index (χ4v) is 1.14. The Morgan fingerprint density at radius 1 is 1.50 bits per heavy atom. The van der Waals surface area contributed by atoms with Gasteiger partial charge in [0, 0.05) is 6.04 Å². The number of nitrogens with two attached hydrogens (primary N) is 1. The molecule has 0 bridgehead atoms. The molecule has 0 radical (unpaired) electrons. The van der Waals surface area contributed by atoms with Gasteiger partial charge in [0.15, 0.2) is 0 Å². The van der Waals surface area contributed by atoms with Crippen LogP contribution in [-0.4, -0.2) is 11.7 Å². The molecule has 1 atom stereocenters. The molecule has 62 valence electrons. The van der Waals surface area contributed by atoms with Gasteiger partial charge in [-0.1, -0.05) is 13.3 Å². The number of hydrogen-bond donors (Lipinski definition) is 2. The minimum atomic E-state index is -0.228. The number of nitrogens with one attached hydrogen (secondary N) is 1. The summed E-state index contributed by atoms with van der Waals surface area (Å²) in [4.78, 5) is 0. The molecule has 0 aromatic carbocycles. The lowest BCUT2D eigenvalue weighted by Gasteiger charge is -2.25. The molecule has 0 aromatic heterocycles. The lowest BCUT2D eigenvalue weighted by molar-refractivity contribution is 0.342. The summed E-state index contributed by atoms with van der Waals surface area (Å²) < 4.78 is 0. The molecule has 0 saturated carbocycles. The van der Waals surface area contributed by atoms with Crippen LogP contribution in [0.3, 0.4) is 0 Å². The first-order chi connectivity index (χ1) is 4.45. The van der Waals surface area contributed by atoms with Crippen molar-refractivity contribution in [1.82, 2.24) is 5.32 Å². The van der Waals surface area contributed by atoms with Gasteiger partial charge in [0.2, 0.25) is 0 Å². The minimum Gasteiger partial charge on any atom is -0.314 e. The highest BCUT2D eigenvalue weighted by Gasteiger charge is 2.12. The molecule has 0 amide bonds. The first kappa shape index (κ1) is 9.92. The molecule has 2 nitrogen and oxygen atoms in total. The standard InChI is InChI=1S/C8H20N2/c1-5-6-7(2)10-8(3,4)9/h7,10H,5-6,9H2,1-4H3. The Morgan fingerprint density at radius 2 is 2.00 bits per heavy atom. The van der Waals surface area contributed by atoms with Crippen molar-refractivity contribution in [3.8, 4) is 0 Å². The van der Waals surface area contributed by atoms with Gasteiger partial charge in [0.05, 0.1) is 5.66 Å². The van der Waals surface area contributed by atoms with Crippen LogP contribution in [0.4, 0.5) is 0 Å². The maximum Gasteiger partial charge on any atom is 0.0605 e. The summed E-state index contributed by atoms with van der Waals surface area (Å²) in [6, 6.07) is 0.532. The number of hydrogen-bond acceptors (Lipinski definition) is 2. The summed E-state index contributed by atoms with van der Waals surface area (Å²) >= 11 is 0. The van der Waals surface area contributed by atoms with Crippen LogP contribution in [0, 0.1) is 0 Å². The zero-order chi connectivity index (χ0) is 8.20. The van der Waals surface area contributed by atoms with Crippen molar-refractivity contribution in [3.63, 3.8) is 0 Å². The molecule has 0 saturated heterocycles. The minimum absolute atomic E-state index is 0.228. The van der Waals surface area contributed by atoms with Gasteiger partial charge in [-0.25, -0.2) is 0 Å². The van der Waals surface area contributed by atoms with Crippen molar-refractivity contribution < 1.29 is 0 Å². The average molecular weight is 144 g/mol. The normalized spacial score (nSPS) is 15.3. The van der Waals surface area contributed by atoms with Gasteiger partial charge in [0.1, 0.15) is 0 Å². The quantitative estimate of drug-likeness (QED) is 0.586. The van der Waals surface area contributed by atoms with E-state index in [1.54, 1.807) is 0 Å². The van der Waals surface area contributed by atoms with Crippen molar-refractivity contribution in [2.45, 2.75) is 52.2 Å². The molecule has 10 heavy (non-hydrogen) atoms. The fourth-order valence-electron chi connectivity index (χ4n) is 1.14. The van der Waals surface area contributed by atoms with Crippen LogP contribution in [0.1, 0.15) is 40.5 Å². The summed E-state index contributed by atoms with van der Waals surface area (Å²) in [5.74, 6) is 0. The van der Waals surface area contributed by atoms with Crippen LogP contribution < -0.4 is 11.1 Å². The van der Waals surface area contributed by atoms with E-state index < -0.39 is 0 Å². The van der Waals surface area contributed by atoms with E-state index in [1.807, 2.05) is 13.8 Å². The Kier molecular flexibility index (Phi) is 3.91. The molecule has 3 N–H and O–H groups in total. The Hall–Kier alpha value is -0.0800. The van der Waals surface area contributed by atoms with Crippen LogP contribution in [-0.2, 0) is 0 Å². The van der Waals surface area contributed by atoms with Crippen molar-refractivity contribution >= 4 is 0 Å². The van der Waals surface area contributed by atoms with E-state index in [2.05, 4.69) is 19.2 Å². The van der Waals surface area contributed by atoms with Crippen LogP contribution in [0.15, 0.2) is 0 Å². The second-order valence-corrected chi connectivity index (χ2v) is 3.56. The van der Waals surface area contributed by atoms with E-state index in [9.17, 15) is 0 Å². The Balaban J connectivity index is 3.47. The van der Waals surface area contributed by atoms with Crippen LogP contribution >= 0.6 is 0 Å². The molecule has 0 rings (SSSR count). The van der Waals surface area contributed by atoms with Gasteiger partial charge in [-0.3, -0.25) is 5.32 Å². The van der Waals surface area contributed by atoms with E-state index in [4.69, 9.17) is 5.73 Å². The zero-order valence-electron chi connectivity index (χ0n) is 7.57. The molecular weight excluding hydrogens is 124 g/mol. The first-order valence-corrected chi connectivity index (χ1v) is 4.02. The van der Waals surface area contributed by atoms with E-state index in [-0.39, 0.29) is 5.66 Å². The van der Waals surface area contributed by atoms with Crippen molar-refractivity contribution in [2.75, 3.05) is 0 Å². The van der Waals surface area contributed by atoms with Gasteiger partial charge >= 0.3 is 0 Å². The highest BCUT2D eigenvalue weighted by atomic mass is 15.1. The van der Waals surface area contributed by atoms with Gasteiger partial charge in [-0.05, 0) is 27.2 Å². The maximum absolute atomic E-state index is 5.76. The summed E-state index contributed by atoms with van der Waals surface area (Å²) in [6.07, 6.45) is 2.41. The largest absolute Gasteiger partial charge is 0.314 e. The van der Waals surface area contributed by atoms with Crippen molar-refractivity contribution in [2.24, 2.45) is 5.73 Å². The van der Waals surface area contributed by atoms with Crippen molar-refractivity contribution in [3.05, 3.63) is 0 Å². The molecule has 0 aliphatic carbocycles. The highest BCUT2D eigenvalue weighted by molar-refractivity contribution is 4.72. The van der Waals surface area contributed by atoms with Gasteiger partial charge < -0.3 is 5.73 Å². The Morgan fingerprint density at radius 3 is 2.30 bits per heavy atom. The molecule has 0 aromatic rings. The average Bonchev–Trinajstić information content (AvgIpc) is 1.59. The summed E-state index contributed by atoms with van der Waals surface area (Å²) in [5, 5.41) is 3.30. The third kappa shape index (κ3) is 6.05. The first-order valence-electron chi connectivity index (χ1n) is 4.02. The number of rotatable bonds is 4. The second kappa shape index (κ2) is 3.94. The Labute approximate surface area is 64.2 Å². The van der Waals surface area contributed by atoms with Crippen LogP contribution in [0.25, 0.3) is 0 Å². The predicted molar refractivity (Wildman–Crippen MR) is 45.8 cm³/mol. The van der Waals surface area contributed by atoms with Crippen molar-refractivity contribution in [1.29, 1.82) is 0 Å². The third-order valence-corrected chi connectivity index (χ3v) is 1.34. The molecule has 0 aliphatic rings. The summed E-state index contributed by atoms with van der Waals surface area (Å²) in [7, 11) is 0. The lowest BCUT2D eigenvalue weighted by Crippen LogP contribution is -2.51. The van der Waals surface area contributed by atoms with Gasteiger partial charge in [-0.15, -0.1) is 0 Å². The molecule has 2 heteroatoms. The van der Waals surface area contributed by atoms with E-state index in [0.29, 0.717) is 6.04 Å². The lowest BCUT2D eigenvalue weighted by atomic mass is 10.1. The highest BCUT2D eigenvalue weighted by Crippen LogP contribution is 1.99. The SMILES string of the molecule is CCCC(C)NC(C)(C)N. The fraction of sp³-hybridized carbons (Fsp3) is 1.00. The monoisotopic (exact) mass is 144 g/mol. The molecular formula is C8H20N2. The maximum atomic E-state index is 5.76. The van der Waals surface area contributed by atoms with E-state index in [0.717, 1.165) is 0 Å². The topological polar surface area (TPSA) is 38.0 Å². The molecule has 0 fully saturated rings. The predicted octanol–water partition coefficient (Wildman–Crippen LogP) is 1.46. The summed E-state index contributed by atoms with van der Waals surface area (Å²) in [5.41, 5.74) is 5.53. The summed E-state index contributed by atoms with van der Waals surface area (Å²) in [6.45, 7) is 8.32. The van der Waals surface area contributed by atoms with Gasteiger partial charge in [-0.2, -0.15) is 0 Å². The van der Waals surface area contributed by atoms with Crippen LogP contribution in [0.2, 0.25) is 0 Å². The molecule has 0 spiro atoms. The van der Waals surface area contributed by atoms with E-state index in [1.165, 1.54) is 12.8 Å². The second-order valence-electron chi connectivity index (χ2n) is 3.56. The van der Waals surface area contributed by atoms with Gasteiger partial charge in [0.25, 0.3) is 0 Å². The zero-order valence-corrected chi connectivity index (χ0v) is 7.57. The smallest absolute Gasteiger partial charge is 0.0605 e. The van der Waals surface area contributed by atoms with Crippen LogP contribution in [0.5, 0.6) is 0 Å². The third-order valence-electron chi connectivity index (χ3n) is 1.34. The molecule has 1 unspecified atom stereocenters. The Bertz CT molecular complexity index is 83.7.